The third-order valence-corrected chi connectivity index (χ3v) is 3.84. The zero-order valence-electron chi connectivity index (χ0n) is 11.6. The lowest BCUT2D eigenvalue weighted by atomic mass is 10.0. The van der Waals surface area contributed by atoms with E-state index in [1.165, 1.54) is 37.7 Å². The van der Waals surface area contributed by atoms with Crippen LogP contribution >= 0.6 is 0 Å². The molecule has 18 heavy (non-hydrogen) atoms. The van der Waals surface area contributed by atoms with Gasteiger partial charge in [-0.2, -0.15) is 0 Å². The Bertz CT molecular complexity index is 339. The van der Waals surface area contributed by atoms with Crippen molar-refractivity contribution in [1.29, 1.82) is 0 Å². The number of hydrogen-bond donors (Lipinski definition) is 1. The van der Waals surface area contributed by atoms with Crippen molar-refractivity contribution < 1.29 is 4.74 Å². The monoisotopic (exact) mass is 247 g/mol. The number of benzene rings is 1. The van der Waals surface area contributed by atoms with Crippen LogP contribution in [0.25, 0.3) is 0 Å². The second-order valence-electron chi connectivity index (χ2n) is 5.26. The molecule has 2 unspecified atom stereocenters. The number of nitrogens with one attached hydrogen (secondary N) is 1. The standard InChI is InChI=1S/C16H25NO/c1-3-7-14(17-2)9-6-10-15-12-13-8-4-5-11-16(13)18-15/h4-5,8,11,14-15,17H,3,6-7,9-10,12H2,1-2H3. The van der Waals surface area contributed by atoms with E-state index in [2.05, 4.69) is 43.6 Å². The van der Waals surface area contributed by atoms with E-state index in [1.807, 2.05) is 0 Å². The molecular weight excluding hydrogens is 222 g/mol. The van der Waals surface area contributed by atoms with Crippen molar-refractivity contribution in [2.45, 2.75) is 57.6 Å². The first kappa shape index (κ1) is 13.4. The van der Waals surface area contributed by atoms with Crippen molar-refractivity contribution in [1.82, 2.24) is 5.32 Å². The zero-order valence-corrected chi connectivity index (χ0v) is 11.6. The van der Waals surface area contributed by atoms with Crippen LogP contribution in [0.4, 0.5) is 0 Å². The highest BCUT2D eigenvalue weighted by Crippen LogP contribution is 2.30. The Labute approximate surface area is 111 Å². The van der Waals surface area contributed by atoms with Gasteiger partial charge in [0.25, 0.3) is 0 Å². The van der Waals surface area contributed by atoms with E-state index in [1.54, 1.807) is 0 Å². The highest BCUT2D eigenvalue weighted by molar-refractivity contribution is 5.37. The molecule has 0 radical (unpaired) electrons. The van der Waals surface area contributed by atoms with Crippen LogP contribution in [-0.2, 0) is 6.42 Å². The van der Waals surface area contributed by atoms with Gasteiger partial charge in [0.2, 0.25) is 0 Å². The molecule has 1 aliphatic rings. The lowest BCUT2D eigenvalue weighted by molar-refractivity contribution is 0.214. The smallest absolute Gasteiger partial charge is 0.123 e. The minimum absolute atomic E-state index is 0.404. The fourth-order valence-corrected chi connectivity index (χ4v) is 2.79. The van der Waals surface area contributed by atoms with Crippen LogP contribution in [0, 0.1) is 0 Å². The Hall–Kier alpha value is -1.02. The van der Waals surface area contributed by atoms with Gasteiger partial charge < -0.3 is 10.1 Å². The Kier molecular flexibility index (Phi) is 5.06. The Morgan fingerprint density at radius 1 is 1.33 bits per heavy atom. The first-order valence-corrected chi connectivity index (χ1v) is 7.25. The molecule has 1 aromatic carbocycles. The summed E-state index contributed by atoms with van der Waals surface area (Å²) in [4.78, 5) is 0. The van der Waals surface area contributed by atoms with Crippen molar-refractivity contribution >= 4 is 0 Å². The van der Waals surface area contributed by atoms with Gasteiger partial charge in [0, 0.05) is 12.5 Å². The van der Waals surface area contributed by atoms with E-state index in [4.69, 9.17) is 4.74 Å². The third kappa shape index (κ3) is 3.49. The Balaban J connectivity index is 1.70. The molecule has 1 N–H and O–H groups in total. The van der Waals surface area contributed by atoms with E-state index in [0.29, 0.717) is 12.1 Å². The van der Waals surface area contributed by atoms with Gasteiger partial charge in [-0.3, -0.25) is 0 Å². The van der Waals surface area contributed by atoms with E-state index in [-0.39, 0.29) is 0 Å². The van der Waals surface area contributed by atoms with Crippen LogP contribution in [0.1, 0.15) is 44.6 Å². The van der Waals surface area contributed by atoms with Crippen LogP contribution in [-0.4, -0.2) is 19.2 Å². The van der Waals surface area contributed by atoms with Gasteiger partial charge in [-0.1, -0.05) is 31.5 Å². The summed E-state index contributed by atoms with van der Waals surface area (Å²) in [5.74, 6) is 1.10. The lowest BCUT2D eigenvalue weighted by Gasteiger charge is -2.16. The molecule has 100 valence electrons. The van der Waals surface area contributed by atoms with Gasteiger partial charge in [-0.05, 0) is 44.4 Å². The summed E-state index contributed by atoms with van der Waals surface area (Å²) in [7, 11) is 2.07. The first-order valence-electron chi connectivity index (χ1n) is 7.25. The Morgan fingerprint density at radius 2 is 2.17 bits per heavy atom. The fourth-order valence-electron chi connectivity index (χ4n) is 2.79. The van der Waals surface area contributed by atoms with Crippen molar-refractivity contribution in [2.75, 3.05) is 7.05 Å². The number of fused-ring (bicyclic) bond motifs is 1. The van der Waals surface area contributed by atoms with Crippen LogP contribution < -0.4 is 10.1 Å². The molecule has 2 rings (SSSR count). The molecule has 2 heteroatoms. The molecule has 0 bridgehead atoms. The highest BCUT2D eigenvalue weighted by atomic mass is 16.5. The molecule has 0 aromatic heterocycles. The first-order chi connectivity index (χ1) is 8.83. The maximum atomic E-state index is 5.96. The molecule has 0 saturated heterocycles. The molecule has 2 nitrogen and oxygen atoms in total. The number of para-hydroxylation sites is 1. The number of rotatable bonds is 7. The predicted molar refractivity (Wildman–Crippen MR) is 76.2 cm³/mol. The van der Waals surface area contributed by atoms with E-state index < -0.39 is 0 Å². The van der Waals surface area contributed by atoms with Gasteiger partial charge in [0.15, 0.2) is 0 Å². The summed E-state index contributed by atoms with van der Waals surface area (Å²) < 4.78 is 5.96. The van der Waals surface area contributed by atoms with E-state index in [0.717, 1.165) is 12.2 Å². The van der Waals surface area contributed by atoms with Crippen LogP contribution in [0.5, 0.6) is 5.75 Å². The minimum atomic E-state index is 0.404. The summed E-state index contributed by atoms with van der Waals surface area (Å²) in [6.07, 6.45) is 7.73. The van der Waals surface area contributed by atoms with Gasteiger partial charge in [-0.25, -0.2) is 0 Å². The van der Waals surface area contributed by atoms with Gasteiger partial charge >= 0.3 is 0 Å². The maximum absolute atomic E-state index is 5.96. The topological polar surface area (TPSA) is 21.3 Å². The van der Waals surface area contributed by atoms with Crippen molar-refractivity contribution in [3.8, 4) is 5.75 Å². The second kappa shape index (κ2) is 6.79. The summed E-state index contributed by atoms with van der Waals surface area (Å²) in [6.45, 7) is 2.25. The normalized spacial score (nSPS) is 19.3. The molecule has 1 heterocycles. The maximum Gasteiger partial charge on any atom is 0.123 e. The van der Waals surface area contributed by atoms with Gasteiger partial charge in [0.05, 0.1) is 0 Å². The van der Waals surface area contributed by atoms with Crippen molar-refractivity contribution in [2.24, 2.45) is 0 Å². The van der Waals surface area contributed by atoms with Crippen molar-refractivity contribution in [3.63, 3.8) is 0 Å². The SMILES string of the molecule is CCCC(CCCC1Cc2ccccc2O1)NC. The average molecular weight is 247 g/mol. The molecule has 0 saturated carbocycles. The minimum Gasteiger partial charge on any atom is -0.490 e. The predicted octanol–water partition coefficient (Wildman–Crippen LogP) is 3.55. The molecular formula is C16H25NO. The zero-order chi connectivity index (χ0) is 12.8. The number of ether oxygens (including phenoxy) is 1. The molecule has 2 atom stereocenters. The summed E-state index contributed by atoms with van der Waals surface area (Å²) in [5, 5.41) is 3.40. The molecule has 0 spiro atoms. The van der Waals surface area contributed by atoms with Gasteiger partial charge in [-0.15, -0.1) is 0 Å². The molecule has 0 amide bonds. The summed E-state index contributed by atoms with van der Waals surface area (Å²) in [5.41, 5.74) is 1.38. The van der Waals surface area contributed by atoms with E-state index in [9.17, 15) is 0 Å². The highest BCUT2D eigenvalue weighted by Gasteiger charge is 2.21. The molecule has 0 fully saturated rings. The largest absolute Gasteiger partial charge is 0.490 e. The lowest BCUT2D eigenvalue weighted by Crippen LogP contribution is -2.25. The van der Waals surface area contributed by atoms with Crippen molar-refractivity contribution in [3.05, 3.63) is 29.8 Å². The quantitative estimate of drug-likeness (QED) is 0.795. The third-order valence-electron chi connectivity index (χ3n) is 3.84. The van der Waals surface area contributed by atoms with Crippen LogP contribution in [0.2, 0.25) is 0 Å². The summed E-state index contributed by atoms with van der Waals surface area (Å²) >= 11 is 0. The second-order valence-corrected chi connectivity index (χ2v) is 5.26. The van der Waals surface area contributed by atoms with Crippen LogP contribution in [0.3, 0.4) is 0 Å². The average Bonchev–Trinajstić information content (AvgIpc) is 2.80. The summed E-state index contributed by atoms with van der Waals surface area (Å²) in [6, 6.07) is 9.10. The molecule has 1 aromatic rings. The molecule has 0 aliphatic carbocycles. The van der Waals surface area contributed by atoms with E-state index >= 15 is 0 Å². The fraction of sp³-hybridized carbons (Fsp3) is 0.625. The number of hydrogen-bond acceptors (Lipinski definition) is 2. The Morgan fingerprint density at radius 3 is 2.89 bits per heavy atom. The van der Waals surface area contributed by atoms with Gasteiger partial charge in [0.1, 0.15) is 11.9 Å². The van der Waals surface area contributed by atoms with Crippen LogP contribution in [0.15, 0.2) is 24.3 Å². The molecule has 1 aliphatic heterocycles.